The number of fused-ring (bicyclic) bond motifs is 1. The van der Waals surface area contributed by atoms with Crippen LogP contribution < -0.4 is 19.5 Å². The van der Waals surface area contributed by atoms with Gasteiger partial charge in [0.1, 0.15) is 22.4 Å². The van der Waals surface area contributed by atoms with E-state index in [1.807, 2.05) is 36.4 Å². The van der Waals surface area contributed by atoms with E-state index in [1.54, 1.807) is 27.4 Å². The SMILES string of the molecule is COc1ccc(CNc2cc(Cl)nc3ccc(OC)cc23)c(OC)c1. The Morgan fingerprint density at radius 2 is 1.64 bits per heavy atom. The molecular weight excluding hydrogens is 340 g/mol. The Balaban J connectivity index is 1.93. The lowest BCUT2D eigenvalue weighted by atomic mass is 10.1. The Labute approximate surface area is 151 Å². The number of pyridine rings is 1. The topological polar surface area (TPSA) is 52.6 Å². The van der Waals surface area contributed by atoms with Crippen LogP contribution in [-0.2, 0) is 6.54 Å². The van der Waals surface area contributed by atoms with Crippen molar-refractivity contribution in [1.29, 1.82) is 0 Å². The highest BCUT2D eigenvalue weighted by molar-refractivity contribution is 6.30. The summed E-state index contributed by atoms with van der Waals surface area (Å²) < 4.78 is 16.0. The number of ether oxygens (including phenoxy) is 3. The van der Waals surface area contributed by atoms with Gasteiger partial charge in [0, 0.05) is 29.2 Å². The van der Waals surface area contributed by atoms with Crippen LogP contribution in [-0.4, -0.2) is 26.3 Å². The van der Waals surface area contributed by atoms with Gasteiger partial charge in [-0.25, -0.2) is 4.98 Å². The summed E-state index contributed by atoms with van der Waals surface area (Å²) in [6.45, 7) is 0.569. The highest BCUT2D eigenvalue weighted by Gasteiger charge is 2.09. The van der Waals surface area contributed by atoms with Gasteiger partial charge in [-0.15, -0.1) is 0 Å². The number of nitrogens with one attached hydrogen (secondary N) is 1. The predicted molar refractivity (Wildman–Crippen MR) is 100 cm³/mol. The molecule has 25 heavy (non-hydrogen) atoms. The van der Waals surface area contributed by atoms with E-state index in [9.17, 15) is 0 Å². The third kappa shape index (κ3) is 3.72. The molecule has 0 spiro atoms. The van der Waals surface area contributed by atoms with E-state index in [0.29, 0.717) is 11.7 Å². The molecule has 1 aromatic heterocycles. The number of aromatic nitrogens is 1. The van der Waals surface area contributed by atoms with Gasteiger partial charge in [-0.05, 0) is 36.4 Å². The summed E-state index contributed by atoms with van der Waals surface area (Å²) in [4.78, 5) is 4.35. The van der Waals surface area contributed by atoms with Gasteiger partial charge in [0.25, 0.3) is 0 Å². The molecule has 0 bridgehead atoms. The van der Waals surface area contributed by atoms with Gasteiger partial charge in [0.05, 0.1) is 26.8 Å². The Kier molecular flexibility index (Phi) is 5.14. The van der Waals surface area contributed by atoms with Crippen molar-refractivity contribution >= 4 is 28.2 Å². The van der Waals surface area contributed by atoms with Crippen molar-refractivity contribution in [3.63, 3.8) is 0 Å². The minimum absolute atomic E-state index is 0.432. The van der Waals surface area contributed by atoms with Gasteiger partial charge in [-0.1, -0.05) is 11.6 Å². The van der Waals surface area contributed by atoms with E-state index in [1.165, 1.54) is 0 Å². The number of anilines is 1. The van der Waals surface area contributed by atoms with Crippen LogP contribution in [0.25, 0.3) is 10.9 Å². The van der Waals surface area contributed by atoms with Crippen LogP contribution in [0.15, 0.2) is 42.5 Å². The Morgan fingerprint density at radius 3 is 2.36 bits per heavy atom. The second-order valence-electron chi connectivity index (χ2n) is 5.41. The fraction of sp³-hybridized carbons (Fsp3) is 0.211. The van der Waals surface area contributed by atoms with Crippen molar-refractivity contribution in [1.82, 2.24) is 4.98 Å². The first-order valence-electron chi connectivity index (χ1n) is 7.73. The van der Waals surface area contributed by atoms with E-state index in [2.05, 4.69) is 10.3 Å². The van der Waals surface area contributed by atoms with Crippen molar-refractivity contribution in [2.24, 2.45) is 0 Å². The molecule has 0 amide bonds. The molecule has 2 aromatic carbocycles. The van der Waals surface area contributed by atoms with Crippen LogP contribution in [0, 0.1) is 0 Å². The van der Waals surface area contributed by atoms with Gasteiger partial charge >= 0.3 is 0 Å². The molecule has 0 aliphatic rings. The van der Waals surface area contributed by atoms with E-state index in [-0.39, 0.29) is 0 Å². The number of nitrogens with zero attached hydrogens (tertiary/aromatic N) is 1. The summed E-state index contributed by atoms with van der Waals surface area (Å²) in [5.74, 6) is 2.28. The zero-order chi connectivity index (χ0) is 17.8. The quantitative estimate of drug-likeness (QED) is 0.656. The summed E-state index contributed by atoms with van der Waals surface area (Å²) >= 11 is 6.15. The molecular formula is C19H19ClN2O3. The van der Waals surface area contributed by atoms with Crippen molar-refractivity contribution in [2.45, 2.75) is 6.54 Å². The van der Waals surface area contributed by atoms with Crippen LogP contribution in [0.1, 0.15) is 5.56 Å². The zero-order valence-electron chi connectivity index (χ0n) is 14.3. The molecule has 0 saturated heterocycles. The summed E-state index contributed by atoms with van der Waals surface area (Å²) in [5.41, 5.74) is 2.69. The maximum atomic E-state index is 6.15. The van der Waals surface area contributed by atoms with Crippen LogP contribution in [0.3, 0.4) is 0 Å². The van der Waals surface area contributed by atoms with Crippen molar-refractivity contribution < 1.29 is 14.2 Å². The number of rotatable bonds is 6. The van der Waals surface area contributed by atoms with Gasteiger partial charge < -0.3 is 19.5 Å². The minimum Gasteiger partial charge on any atom is -0.497 e. The number of hydrogen-bond acceptors (Lipinski definition) is 5. The van der Waals surface area contributed by atoms with Gasteiger partial charge in [-0.2, -0.15) is 0 Å². The predicted octanol–water partition coefficient (Wildman–Crippen LogP) is 4.53. The number of methoxy groups -OCH3 is 3. The highest BCUT2D eigenvalue weighted by Crippen LogP contribution is 2.30. The van der Waals surface area contributed by atoms with E-state index in [0.717, 1.165) is 39.4 Å². The second kappa shape index (κ2) is 7.49. The molecule has 1 N–H and O–H groups in total. The van der Waals surface area contributed by atoms with E-state index in [4.69, 9.17) is 25.8 Å². The summed E-state index contributed by atoms with van der Waals surface area (Å²) in [7, 11) is 4.91. The lowest BCUT2D eigenvalue weighted by Crippen LogP contribution is -2.03. The van der Waals surface area contributed by atoms with Crippen LogP contribution in [0.4, 0.5) is 5.69 Å². The second-order valence-corrected chi connectivity index (χ2v) is 5.79. The number of hydrogen-bond donors (Lipinski definition) is 1. The number of halogens is 1. The maximum Gasteiger partial charge on any atom is 0.131 e. The molecule has 0 aliphatic heterocycles. The Morgan fingerprint density at radius 1 is 0.920 bits per heavy atom. The molecule has 0 radical (unpaired) electrons. The molecule has 0 unspecified atom stereocenters. The first-order chi connectivity index (χ1) is 12.1. The van der Waals surface area contributed by atoms with E-state index >= 15 is 0 Å². The van der Waals surface area contributed by atoms with Gasteiger partial charge in [0.2, 0.25) is 0 Å². The monoisotopic (exact) mass is 358 g/mol. The standard InChI is InChI=1S/C19H19ClN2O3/c1-23-13-6-7-16-15(8-13)17(10-19(20)22-16)21-11-12-4-5-14(24-2)9-18(12)25-3/h4-10H,11H2,1-3H3,(H,21,22). The van der Waals surface area contributed by atoms with Crippen LogP contribution in [0.5, 0.6) is 17.2 Å². The lowest BCUT2D eigenvalue weighted by Gasteiger charge is -2.14. The maximum absolute atomic E-state index is 6.15. The molecule has 0 atom stereocenters. The van der Waals surface area contributed by atoms with E-state index < -0.39 is 0 Å². The zero-order valence-corrected chi connectivity index (χ0v) is 15.1. The third-order valence-electron chi connectivity index (χ3n) is 3.95. The summed E-state index contributed by atoms with van der Waals surface area (Å²) in [6, 6.07) is 13.2. The normalized spacial score (nSPS) is 10.6. The summed E-state index contributed by atoms with van der Waals surface area (Å²) in [5, 5.41) is 4.78. The Hall–Kier alpha value is -2.66. The largest absolute Gasteiger partial charge is 0.497 e. The Bertz CT molecular complexity index is 899. The average molecular weight is 359 g/mol. The molecule has 0 saturated carbocycles. The molecule has 130 valence electrons. The number of benzene rings is 2. The molecule has 1 heterocycles. The van der Waals surface area contributed by atoms with Crippen molar-refractivity contribution in [3.8, 4) is 17.2 Å². The summed E-state index contributed by atoms with van der Waals surface area (Å²) in [6.07, 6.45) is 0. The smallest absolute Gasteiger partial charge is 0.131 e. The molecule has 3 aromatic rings. The van der Waals surface area contributed by atoms with Gasteiger partial charge in [0.15, 0.2) is 0 Å². The fourth-order valence-electron chi connectivity index (χ4n) is 2.63. The molecule has 3 rings (SSSR count). The van der Waals surface area contributed by atoms with Crippen LogP contribution >= 0.6 is 11.6 Å². The first-order valence-corrected chi connectivity index (χ1v) is 8.11. The molecule has 6 heteroatoms. The minimum atomic E-state index is 0.432. The fourth-order valence-corrected chi connectivity index (χ4v) is 2.83. The first kappa shape index (κ1) is 17.2. The third-order valence-corrected chi connectivity index (χ3v) is 4.14. The van der Waals surface area contributed by atoms with Gasteiger partial charge in [-0.3, -0.25) is 0 Å². The average Bonchev–Trinajstić information content (AvgIpc) is 2.65. The van der Waals surface area contributed by atoms with Crippen molar-refractivity contribution in [2.75, 3.05) is 26.6 Å². The molecule has 5 nitrogen and oxygen atoms in total. The highest BCUT2D eigenvalue weighted by atomic mass is 35.5. The lowest BCUT2D eigenvalue weighted by molar-refractivity contribution is 0.391. The molecule has 0 fully saturated rings. The molecule has 0 aliphatic carbocycles. The van der Waals surface area contributed by atoms with Crippen molar-refractivity contribution in [3.05, 3.63) is 53.2 Å². The van der Waals surface area contributed by atoms with Crippen LogP contribution in [0.2, 0.25) is 5.15 Å².